The summed E-state index contributed by atoms with van der Waals surface area (Å²) in [5.41, 5.74) is 3.64. The molecule has 0 atom stereocenters. The van der Waals surface area contributed by atoms with Gasteiger partial charge in [-0.25, -0.2) is 0 Å². The first-order valence-corrected chi connectivity index (χ1v) is 10.8. The summed E-state index contributed by atoms with van der Waals surface area (Å²) in [7, 11) is 0. The molecular formula is C23H18N2O4S2. The van der Waals surface area contributed by atoms with Crippen molar-refractivity contribution in [2.24, 2.45) is 0 Å². The van der Waals surface area contributed by atoms with E-state index in [0.717, 1.165) is 23.2 Å². The van der Waals surface area contributed by atoms with Gasteiger partial charge in [0.2, 0.25) is 0 Å². The van der Waals surface area contributed by atoms with Gasteiger partial charge in [0.1, 0.15) is 11.5 Å². The zero-order chi connectivity index (χ0) is 22.1. The highest BCUT2D eigenvalue weighted by Crippen LogP contribution is 2.39. The van der Waals surface area contributed by atoms with Gasteiger partial charge in [0.05, 0.1) is 15.5 Å². The van der Waals surface area contributed by atoms with Crippen LogP contribution < -0.4 is 4.90 Å². The summed E-state index contributed by atoms with van der Waals surface area (Å²) < 4.78 is 6.34. The van der Waals surface area contributed by atoms with Crippen LogP contribution in [0.3, 0.4) is 0 Å². The summed E-state index contributed by atoms with van der Waals surface area (Å²) in [5.74, 6) is 0.894. The van der Waals surface area contributed by atoms with Gasteiger partial charge in [-0.15, -0.1) is 0 Å². The van der Waals surface area contributed by atoms with Gasteiger partial charge in [-0.05, 0) is 48.7 Å². The lowest BCUT2D eigenvalue weighted by Crippen LogP contribution is -2.29. The Morgan fingerprint density at radius 3 is 2.58 bits per heavy atom. The van der Waals surface area contributed by atoms with Crippen LogP contribution in [0, 0.1) is 17.0 Å². The monoisotopic (exact) mass is 450 g/mol. The third kappa shape index (κ3) is 4.04. The van der Waals surface area contributed by atoms with Crippen molar-refractivity contribution in [2.75, 3.05) is 4.90 Å². The van der Waals surface area contributed by atoms with E-state index in [1.54, 1.807) is 35.2 Å². The number of rotatable bonds is 5. The number of amides is 1. The minimum absolute atomic E-state index is 0.0156. The molecule has 2 aromatic carbocycles. The Bertz CT molecular complexity index is 1230. The average molecular weight is 451 g/mol. The number of para-hydroxylation sites is 1. The summed E-state index contributed by atoms with van der Waals surface area (Å²) in [5, 5.41) is 10.8. The molecule has 3 aromatic rings. The molecule has 1 fully saturated rings. The number of thiocarbonyl (C=S) groups is 1. The molecule has 0 N–H and O–H groups in total. The van der Waals surface area contributed by atoms with Crippen LogP contribution in [-0.2, 0) is 11.2 Å². The Kier molecular flexibility index (Phi) is 5.75. The van der Waals surface area contributed by atoms with Crippen molar-refractivity contribution in [3.8, 4) is 11.3 Å². The summed E-state index contributed by atoms with van der Waals surface area (Å²) in [4.78, 5) is 25.6. The van der Waals surface area contributed by atoms with E-state index in [1.165, 1.54) is 23.9 Å². The molecule has 1 amide bonds. The summed E-state index contributed by atoms with van der Waals surface area (Å²) in [6, 6.07) is 15.6. The molecule has 1 aliphatic heterocycles. The second-order valence-corrected chi connectivity index (χ2v) is 8.64. The standard InChI is InChI=1S/C23H18N2O4S2/c1-3-15-6-4-5-14(2)21(15)24-22(26)20(31-23(24)30)13-18-11-12-19(29-18)16-7-9-17(10-8-16)25(27)28/h4-13H,3H2,1-2H3. The number of aryl methyl sites for hydroxylation is 2. The van der Waals surface area contributed by atoms with E-state index in [-0.39, 0.29) is 11.6 Å². The van der Waals surface area contributed by atoms with Gasteiger partial charge in [0.25, 0.3) is 11.6 Å². The fourth-order valence-corrected chi connectivity index (χ4v) is 4.70. The van der Waals surface area contributed by atoms with Crippen LogP contribution in [0.25, 0.3) is 17.4 Å². The predicted octanol–water partition coefficient (Wildman–Crippen LogP) is 6.13. The fourth-order valence-electron chi connectivity index (χ4n) is 3.45. The smallest absolute Gasteiger partial charge is 0.270 e. The Morgan fingerprint density at radius 1 is 1.16 bits per heavy atom. The van der Waals surface area contributed by atoms with E-state index < -0.39 is 4.92 Å². The number of nitro groups is 1. The molecule has 0 spiro atoms. The van der Waals surface area contributed by atoms with Crippen LogP contribution in [0.1, 0.15) is 23.8 Å². The normalized spacial score (nSPS) is 15.2. The number of hydrogen-bond acceptors (Lipinski definition) is 6. The molecule has 156 valence electrons. The van der Waals surface area contributed by atoms with Crippen LogP contribution in [0.4, 0.5) is 11.4 Å². The predicted molar refractivity (Wildman–Crippen MR) is 127 cm³/mol. The zero-order valence-electron chi connectivity index (χ0n) is 16.8. The van der Waals surface area contributed by atoms with E-state index in [9.17, 15) is 14.9 Å². The van der Waals surface area contributed by atoms with Crippen LogP contribution in [0.15, 0.2) is 63.9 Å². The molecule has 31 heavy (non-hydrogen) atoms. The SMILES string of the molecule is CCc1cccc(C)c1N1C(=O)C(=Cc2ccc(-c3ccc([N+](=O)[O-])cc3)o2)SC1=S. The molecule has 0 saturated carbocycles. The van der Waals surface area contributed by atoms with Gasteiger partial charge in [0, 0.05) is 23.8 Å². The van der Waals surface area contributed by atoms with E-state index in [2.05, 4.69) is 0 Å². The number of hydrogen-bond donors (Lipinski definition) is 0. The molecule has 0 radical (unpaired) electrons. The van der Waals surface area contributed by atoms with Crippen molar-refractivity contribution in [1.82, 2.24) is 0 Å². The Hall–Kier alpha value is -3.23. The molecule has 1 aromatic heterocycles. The third-order valence-corrected chi connectivity index (χ3v) is 6.28. The third-order valence-electron chi connectivity index (χ3n) is 4.98. The van der Waals surface area contributed by atoms with Crippen molar-refractivity contribution in [2.45, 2.75) is 20.3 Å². The molecule has 0 bridgehead atoms. The second kappa shape index (κ2) is 8.49. The van der Waals surface area contributed by atoms with Gasteiger partial charge in [-0.3, -0.25) is 19.8 Å². The molecule has 0 aliphatic carbocycles. The van der Waals surface area contributed by atoms with E-state index in [4.69, 9.17) is 16.6 Å². The average Bonchev–Trinajstić information content (AvgIpc) is 3.33. The van der Waals surface area contributed by atoms with E-state index >= 15 is 0 Å². The van der Waals surface area contributed by atoms with Crippen molar-refractivity contribution < 1.29 is 14.1 Å². The highest BCUT2D eigenvalue weighted by molar-refractivity contribution is 8.27. The number of anilines is 1. The highest BCUT2D eigenvalue weighted by Gasteiger charge is 2.35. The lowest BCUT2D eigenvalue weighted by molar-refractivity contribution is -0.384. The van der Waals surface area contributed by atoms with Crippen LogP contribution in [0.2, 0.25) is 0 Å². The van der Waals surface area contributed by atoms with Crippen molar-refractivity contribution in [3.63, 3.8) is 0 Å². The van der Waals surface area contributed by atoms with Crippen molar-refractivity contribution in [3.05, 3.63) is 86.5 Å². The molecular weight excluding hydrogens is 432 g/mol. The van der Waals surface area contributed by atoms with Gasteiger partial charge < -0.3 is 4.42 Å². The fraction of sp³-hybridized carbons (Fsp3) is 0.130. The summed E-state index contributed by atoms with van der Waals surface area (Å²) in [6.07, 6.45) is 2.47. The Labute approximate surface area is 188 Å². The number of thioether (sulfide) groups is 1. The quantitative estimate of drug-likeness (QED) is 0.201. The first-order chi connectivity index (χ1) is 14.9. The number of carbonyl (C=O) groups is 1. The van der Waals surface area contributed by atoms with Crippen molar-refractivity contribution in [1.29, 1.82) is 0 Å². The van der Waals surface area contributed by atoms with Crippen LogP contribution >= 0.6 is 24.0 Å². The molecule has 1 aliphatic rings. The zero-order valence-corrected chi connectivity index (χ0v) is 18.5. The molecule has 8 heteroatoms. The maximum absolute atomic E-state index is 13.2. The minimum Gasteiger partial charge on any atom is -0.457 e. The van der Waals surface area contributed by atoms with Crippen LogP contribution in [-0.4, -0.2) is 15.2 Å². The number of furan rings is 1. The first-order valence-electron chi connectivity index (χ1n) is 9.60. The molecule has 6 nitrogen and oxygen atoms in total. The molecule has 1 saturated heterocycles. The maximum atomic E-state index is 13.2. The summed E-state index contributed by atoms with van der Waals surface area (Å²) in [6.45, 7) is 4.02. The largest absolute Gasteiger partial charge is 0.457 e. The maximum Gasteiger partial charge on any atom is 0.270 e. The van der Waals surface area contributed by atoms with Crippen LogP contribution in [0.5, 0.6) is 0 Å². The first kappa shape index (κ1) is 21.0. The number of nitro benzene ring substituents is 1. The van der Waals surface area contributed by atoms with Gasteiger partial charge >= 0.3 is 0 Å². The number of carbonyl (C=O) groups excluding carboxylic acids is 1. The number of benzene rings is 2. The summed E-state index contributed by atoms with van der Waals surface area (Å²) >= 11 is 6.76. The van der Waals surface area contributed by atoms with Crippen molar-refractivity contribution >= 4 is 51.7 Å². The molecule has 4 rings (SSSR count). The van der Waals surface area contributed by atoms with Gasteiger partial charge in [0.15, 0.2) is 4.32 Å². The lowest BCUT2D eigenvalue weighted by atomic mass is 10.0. The van der Waals surface area contributed by atoms with E-state index in [1.807, 2.05) is 32.0 Å². The van der Waals surface area contributed by atoms with Gasteiger partial charge in [-0.2, -0.15) is 0 Å². The Morgan fingerprint density at radius 2 is 1.90 bits per heavy atom. The Balaban J connectivity index is 1.62. The number of nitrogens with zero attached hydrogens (tertiary/aromatic N) is 2. The van der Waals surface area contributed by atoms with Gasteiger partial charge in [-0.1, -0.05) is 49.1 Å². The minimum atomic E-state index is -0.447. The lowest BCUT2D eigenvalue weighted by Gasteiger charge is -2.20. The number of non-ortho nitro benzene ring substituents is 1. The van der Waals surface area contributed by atoms with E-state index in [0.29, 0.717) is 26.3 Å². The highest BCUT2D eigenvalue weighted by atomic mass is 32.2. The molecule has 0 unspecified atom stereocenters. The topological polar surface area (TPSA) is 76.6 Å². The molecule has 2 heterocycles. The second-order valence-electron chi connectivity index (χ2n) is 6.96.